The molecular formula is C19H27NO3. The second-order valence-corrected chi connectivity index (χ2v) is 7.17. The number of hydrogen-bond acceptors (Lipinski definition) is 3. The van der Waals surface area contributed by atoms with E-state index in [0.29, 0.717) is 6.61 Å². The molecule has 0 unspecified atom stereocenters. The van der Waals surface area contributed by atoms with E-state index in [2.05, 4.69) is 5.32 Å². The van der Waals surface area contributed by atoms with Gasteiger partial charge in [0, 0.05) is 12.3 Å². The summed E-state index contributed by atoms with van der Waals surface area (Å²) in [6.45, 7) is 1.42. The van der Waals surface area contributed by atoms with Crippen LogP contribution in [0.2, 0.25) is 0 Å². The molecule has 0 heterocycles. The van der Waals surface area contributed by atoms with E-state index in [1.54, 1.807) is 0 Å². The fraction of sp³-hybridized carbons (Fsp3) is 0.632. The van der Waals surface area contributed by atoms with Crippen LogP contribution in [0, 0.1) is 5.92 Å². The summed E-state index contributed by atoms with van der Waals surface area (Å²) in [5, 5.41) is 13.4. The lowest BCUT2D eigenvalue weighted by molar-refractivity contribution is -0.122. The zero-order chi connectivity index (χ0) is 16.1. The number of rotatable bonds is 7. The predicted molar refractivity (Wildman–Crippen MR) is 90.1 cm³/mol. The van der Waals surface area contributed by atoms with Crippen molar-refractivity contribution in [1.82, 2.24) is 0 Å². The molecule has 2 aliphatic carbocycles. The second-order valence-electron chi connectivity index (χ2n) is 7.17. The van der Waals surface area contributed by atoms with E-state index < -0.39 is 5.60 Å². The lowest BCUT2D eigenvalue weighted by atomic mass is 9.82. The van der Waals surface area contributed by atoms with Gasteiger partial charge < -0.3 is 15.2 Å². The molecule has 0 radical (unpaired) electrons. The van der Waals surface area contributed by atoms with Crippen molar-refractivity contribution in [1.29, 1.82) is 0 Å². The predicted octanol–water partition coefficient (Wildman–Crippen LogP) is 3.64. The fourth-order valence-electron chi connectivity index (χ4n) is 3.26. The molecular weight excluding hydrogens is 290 g/mol. The molecule has 0 saturated heterocycles. The molecule has 4 heteroatoms. The highest BCUT2D eigenvalue weighted by atomic mass is 16.5. The summed E-state index contributed by atoms with van der Waals surface area (Å²) < 4.78 is 5.69. The van der Waals surface area contributed by atoms with E-state index in [9.17, 15) is 9.90 Å². The van der Waals surface area contributed by atoms with Crippen LogP contribution in [-0.2, 0) is 16.1 Å². The summed E-state index contributed by atoms with van der Waals surface area (Å²) in [5.41, 5.74) is 1.04. The highest BCUT2D eigenvalue weighted by Crippen LogP contribution is 2.31. The number of nitrogens with one attached hydrogen (secondary N) is 1. The third-order valence-corrected chi connectivity index (χ3v) is 4.80. The van der Waals surface area contributed by atoms with E-state index in [1.807, 2.05) is 24.3 Å². The van der Waals surface area contributed by atoms with Crippen LogP contribution in [0.3, 0.4) is 0 Å². The number of anilines is 1. The van der Waals surface area contributed by atoms with Crippen LogP contribution < -0.4 is 5.32 Å². The van der Waals surface area contributed by atoms with Gasteiger partial charge in [-0.05, 0) is 49.3 Å². The van der Waals surface area contributed by atoms with Crippen molar-refractivity contribution in [2.45, 2.75) is 63.6 Å². The number of ether oxygens (including phenoxy) is 1. The van der Waals surface area contributed by atoms with Gasteiger partial charge in [0.15, 0.2) is 0 Å². The van der Waals surface area contributed by atoms with Gasteiger partial charge in [-0.1, -0.05) is 31.4 Å². The Morgan fingerprint density at radius 3 is 2.78 bits per heavy atom. The fourth-order valence-corrected chi connectivity index (χ4v) is 3.26. The number of hydrogen-bond donors (Lipinski definition) is 2. The maximum Gasteiger partial charge on any atom is 0.227 e. The lowest BCUT2D eigenvalue weighted by Gasteiger charge is -2.31. The molecule has 4 nitrogen and oxygen atoms in total. The molecule has 2 fully saturated rings. The van der Waals surface area contributed by atoms with Gasteiger partial charge in [0.25, 0.3) is 0 Å². The SMILES string of the molecule is O=C(CC1(O)CCCCC1)Nc1cccc(COCC2CC2)c1. The Kier molecular flexibility index (Phi) is 5.34. The molecule has 2 aliphatic rings. The van der Waals surface area contributed by atoms with Crippen molar-refractivity contribution in [3.05, 3.63) is 29.8 Å². The first-order valence-corrected chi connectivity index (χ1v) is 8.82. The topological polar surface area (TPSA) is 58.6 Å². The normalized spacial score (nSPS) is 20.2. The molecule has 0 atom stereocenters. The lowest BCUT2D eigenvalue weighted by Crippen LogP contribution is -2.35. The first kappa shape index (κ1) is 16.5. The van der Waals surface area contributed by atoms with Crippen molar-refractivity contribution in [2.75, 3.05) is 11.9 Å². The summed E-state index contributed by atoms with van der Waals surface area (Å²) in [7, 11) is 0. The molecule has 0 aromatic heterocycles. The van der Waals surface area contributed by atoms with Crippen molar-refractivity contribution in [2.24, 2.45) is 5.92 Å². The van der Waals surface area contributed by atoms with Gasteiger partial charge in [-0.25, -0.2) is 0 Å². The molecule has 0 bridgehead atoms. The standard InChI is InChI=1S/C19H27NO3/c21-18(12-19(22)9-2-1-3-10-19)20-17-6-4-5-16(11-17)14-23-13-15-7-8-15/h4-6,11,15,22H,1-3,7-10,12-14H2,(H,20,21). The molecule has 1 aromatic carbocycles. The molecule has 2 saturated carbocycles. The largest absolute Gasteiger partial charge is 0.389 e. The van der Waals surface area contributed by atoms with Crippen LogP contribution in [0.5, 0.6) is 0 Å². The molecule has 2 N–H and O–H groups in total. The molecule has 0 spiro atoms. The van der Waals surface area contributed by atoms with E-state index in [0.717, 1.165) is 55.9 Å². The van der Waals surface area contributed by atoms with Gasteiger partial charge >= 0.3 is 0 Å². The van der Waals surface area contributed by atoms with E-state index >= 15 is 0 Å². The number of carbonyl (C=O) groups excluding carboxylic acids is 1. The minimum atomic E-state index is -0.812. The number of carbonyl (C=O) groups is 1. The smallest absolute Gasteiger partial charge is 0.227 e. The summed E-state index contributed by atoms with van der Waals surface area (Å²) in [6.07, 6.45) is 7.42. The summed E-state index contributed by atoms with van der Waals surface area (Å²) in [4.78, 5) is 12.2. The molecule has 3 rings (SSSR count). The van der Waals surface area contributed by atoms with Crippen LogP contribution in [0.1, 0.15) is 56.9 Å². The monoisotopic (exact) mass is 317 g/mol. The Morgan fingerprint density at radius 2 is 2.04 bits per heavy atom. The maximum atomic E-state index is 12.2. The highest BCUT2D eigenvalue weighted by molar-refractivity contribution is 5.91. The van der Waals surface area contributed by atoms with Gasteiger partial charge in [-0.3, -0.25) is 4.79 Å². The molecule has 0 aliphatic heterocycles. The first-order chi connectivity index (χ1) is 11.1. The summed E-state index contributed by atoms with van der Waals surface area (Å²) in [5.74, 6) is 0.652. The average Bonchev–Trinajstić information content (AvgIpc) is 3.32. The summed E-state index contributed by atoms with van der Waals surface area (Å²) >= 11 is 0. The van der Waals surface area contributed by atoms with Gasteiger partial charge in [0.1, 0.15) is 0 Å². The van der Waals surface area contributed by atoms with E-state index in [4.69, 9.17) is 4.74 Å². The van der Waals surface area contributed by atoms with Crippen molar-refractivity contribution < 1.29 is 14.6 Å². The molecule has 126 valence electrons. The number of benzene rings is 1. The summed E-state index contributed by atoms with van der Waals surface area (Å²) in [6, 6.07) is 7.78. The van der Waals surface area contributed by atoms with Gasteiger partial charge in [0.05, 0.1) is 18.6 Å². The van der Waals surface area contributed by atoms with Crippen LogP contribution in [0.25, 0.3) is 0 Å². The zero-order valence-corrected chi connectivity index (χ0v) is 13.7. The second kappa shape index (κ2) is 7.45. The first-order valence-electron chi connectivity index (χ1n) is 8.82. The Labute approximate surface area is 138 Å². The number of aliphatic hydroxyl groups is 1. The Morgan fingerprint density at radius 1 is 1.26 bits per heavy atom. The minimum absolute atomic E-state index is 0.106. The van der Waals surface area contributed by atoms with Gasteiger partial charge in [-0.15, -0.1) is 0 Å². The Bertz CT molecular complexity index is 533. The molecule has 23 heavy (non-hydrogen) atoms. The van der Waals surface area contributed by atoms with E-state index in [1.165, 1.54) is 12.8 Å². The van der Waals surface area contributed by atoms with Crippen molar-refractivity contribution in [3.63, 3.8) is 0 Å². The Balaban J connectivity index is 1.48. The minimum Gasteiger partial charge on any atom is -0.389 e. The quantitative estimate of drug-likeness (QED) is 0.807. The zero-order valence-electron chi connectivity index (χ0n) is 13.7. The third kappa shape index (κ3) is 5.33. The maximum absolute atomic E-state index is 12.2. The van der Waals surface area contributed by atoms with Crippen molar-refractivity contribution in [3.8, 4) is 0 Å². The van der Waals surface area contributed by atoms with Gasteiger partial charge in [0.2, 0.25) is 5.91 Å². The van der Waals surface area contributed by atoms with Crippen LogP contribution in [0.4, 0.5) is 5.69 Å². The Hall–Kier alpha value is -1.39. The third-order valence-electron chi connectivity index (χ3n) is 4.80. The van der Waals surface area contributed by atoms with Gasteiger partial charge in [-0.2, -0.15) is 0 Å². The highest BCUT2D eigenvalue weighted by Gasteiger charge is 2.31. The average molecular weight is 317 g/mol. The van der Waals surface area contributed by atoms with E-state index in [-0.39, 0.29) is 12.3 Å². The van der Waals surface area contributed by atoms with Crippen molar-refractivity contribution >= 4 is 11.6 Å². The van der Waals surface area contributed by atoms with Crippen LogP contribution in [-0.4, -0.2) is 23.2 Å². The van der Waals surface area contributed by atoms with Crippen LogP contribution in [0.15, 0.2) is 24.3 Å². The molecule has 1 amide bonds. The molecule has 1 aromatic rings. The van der Waals surface area contributed by atoms with Crippen LogP contribution >= 0.6 is 0 Å². The number of amides is 1.